The molecule has 0 fully saturated rings. The number of halogens is 2. The Morgan fingerprint density at radius 3 is 2.55 bits per heavy atom. The molecule has 1 aliphatic heterocycles. The number of thiazole rings is 1. The maximum atomic E-state index is 14.2. The highest BCUT2D eigenvalue weighted by Crippen LogP contribution is 2.35. The van der Waals surface area contributed by atoms with Crippen molar-refractivity contribution >= 4 is 66.0 Å². The van der Waals surface area contributed by atoms with Gasteiger partial charge in [-0.15, -0.1) is 0 Å². The van der Waals surface area contributed by atoms with Gasteiger partial charge < -0.3 is 9.47 Å². The number of allylic oxidation sites excluding steroid dienone is 1. The summed E-state index contributed by atoms with van der Waals surface area (Å²) in [5, 5.41) is 2.27. The molecule has 222 valence electrons. The molecule has 0 saturated carbocycles. The van der Waals surface area contributed by atoms with Crippen molar-refractivity contribution in [2.45, 2.75) is 33.4 Å². The quantitative estimate of drug-likeness (QED) is 0.164. The first-order chi connectivity index (χ1) is 21.2. The first-order valence-corrected chi connectivity index (χ1v) is 16.5. The lowest BCUT2D eigenvalue weighted by Gasteiger charge is -2.24. The Bertz CT molecular complexity index is 2130. The van der Waals surface area contributed by atoms with Gasteiger partial charge in [-0.3, -0.25) is 9.36 Å². The van der Waals surface area contributed by atoms with Crippen LogP contribution in [-0.2, 0) is 16.1 Å². The molecule has 0 saturated heterocycles. The zero-order valence-corrected chi connectivity index (χ0v) is 28.3. The third-order valence-electron chi connectivity index (χ3n) is 7.49. The maximum absolute atomic E-state index is 14.2. The lowest BCUT2D eigenvalue weighted by molar-refractivity contribution is -0.139. The van der Waals surface area contributed by atoms with Crippen LogP contribution in [0.1, 0.15) is 42.1 Å². The fourth-order valence-corrected chi connectivity index (χ4v) is 7.82. The molecule has 1 atom stereocenters. The number of benzene rings is 4. The summed E-state index contributed by atoms with van der Waals surface area (Å²) in [4.78, 5) is 32.6. The van der Waals surface area contributed by atoms with Gasteiger partial charge in [0.15, 0.2) is 4.80 Å². The van der Waals surface area contributed by atoms with Crippen molar-refractivity contribution in [1.82, 2.24) is 4.57 Å². The number of aromatic nitrogens is 1. The molecule has 0 spiro atoms. The number of rotatable bonds is 7. The van der Waals surface area contributed by atoms with Crippen LogP contribution in [0.3, 0.4) is 0 Å². The SMILES string of the molecule is CCOC(=O)C1=C(C)N=c2s/c(=C\c3cc(Br)cc(Br)c3OCc3cccc4ccccc34)c(=O)n2[C@@H]1c1ccc(C)cc1. The Morgan fingerprint density at radius 2 is 1.77 bits per heavy atom. The lowest BCUT2D eigenvalue weighted by Crippen LogP contribution is -2.39. The van der Waals surface area contributed by atoms with Crippen LogP contribution in [0.4, 0.5) is 0 Å². The topological polar surface area (TPSA) is 69.9 Å². The normalized spacial score (nSPS) is 14.8. The number of esters is 1. The molecule has 2 heterocycles. The first-order valence-electron chi connectivity index (χ1n) is 14.1. The largest absolute Gasteiger partial charge is 0.487 e. The summed E-state index contributed by atoms with van der Waals surface area (Å²) < 4.78 is 15.5. The van der Waals surface area contributed by atoms with Crippen LogP contribution in [0.5, 0.6) is 5.75 Å². The smallest absolute Gasteiger partial charge is 0.338 e. The molecule has 5 aromatic rings. The Hall–Kier alpha value is -3.79. The molecule has 44 heavy (non-hydrogen) atoms. The highest BCUT2D eigenvalue weighted by molar-refractivity contribution is 9.11. The summed E-state index contributed by atoms with van der Waals surface area (Å²) in [5.41, 5.74) is 4.32. The third kappa shape index (κ3) is 5.84. The van der Waals surface area contributed by atoms with Gasteiger partial charge in [-0.2, -0.15) is 0 Å². The van der Waals surface area contributed by atoms with Crippen LogP contribution in [0.2, 0.25) is 0 Å². The van der Waals surface area contributed by atoms with E-state index in [9.17, 15) is 9.59 Å². The van der Waals surface area contributed by atoms with E-state index in [2.05, 4.69) is 56.1 Å². The molecule has 1 aromatic heterocycles. The van der Waals surface area contributed by atoms with Crippen molar-refractivity contribution in [1.29, 1.82) is 0 Å². The van der Waals surface area contributed by atoms with E-state index in [1.165, 1.54) is 11.3 Å². The summed E-state index contributed by atoms with van der Waals surface area (Å²) in [6.45, 7) is 6.12. The van der Waals surface area contributed by atoms with Crippen LogP contribution < -0.4 is 19.6 Å². The molecule has 0 amide bonds. The summed E-state index contributed by atoms with van der Waals surface area (Å²) in [5.74, 6) is 0.138. The molecule has 0 bridgehead atoms. The number of carbonyl (C=O) groups excluding carboxylic acids is 1. The summed E-state index contributed by atoms with van der Waals surface area (Å²) >= 11 is 8.55. The molecule has 0 unspecified atom stereocenters. The summed E-state index contributed by atoms with van der Waals surface area (Å²) in [7, 11) is 0. The van der Waals surface area contributed by atoms with E-state index < -0.39 is 12.0 Å². The molecule has 4 aromatic carbocycles. The van der Waals surface area contributed by atoms with Crippen molar-refractivity contribution in [3.63, 3.8) is 0 Å². The Labute approximate surface area is 275 Å². The highest BCUT2D eigenvalue weighted by atomic mass is 79.9. The van der Waals surface area contributed by atoms with Crippen LogP contribution in [0.15, 0.2) is 109 Å². The van der Waals surface area contributed by atoms with Crippen LogP contribution in [-0.4, -0.2) is 17.1 Å². The van der Waals surface area contributed by atoms with Gasteiger partial charge in [-0.25, -0.2) is 9.79 Å². The van der Waals surface area contributed by atoms with Gasteiger partial charge in [-0.1, -0.05) is 99.6 Å². The maximum Gasteiger partial charge on any atom is 0.338 e. The predicted molar refractivity (Wildman–Crippen MR) is 182 cm³/mol. The predicted octanol–water partition coefficient (Wildman–Crippen LogP) is 7.36. The third-order valence-corrected chi connectivity index (χ3v) is 9.52. The van der Waals surface area contributed by atoms with Gasteiger partial charge in [0.1, 0.15) is 12.4 Å². The zero-order valence-electron chi connectivity index (χ0n) is 24.3. The average molecular weight is 732 g/mol. The Balaban J connectivity index is 1.46. The van der Waals surface area contributed by atoms with E-state index in [1.54, 1.807) is 18.4 Å². The van der Waals surface area contributed by atoms with Crippen molar-refractivity contribution in [3.8, 4) is 5.75 Å². The number of carbonyl (C=O) groups is 1. The summed E-state index contributed by atoms with van der Waals surface area (Å²) in [6, 6.07) is 25.4. The average Bonchev–Trinajstić information content (AvgIpc) is 3.30. The van der Waals surface area contributed by atoms with Gasteiger partial charge in [0.2, 0.25) is 0 Å². The van der Waals surface area contributed by atoms with E-state index in [0.717, 1.165) is 42.0 Å². The second kappa shape index (κ2) is 12.7. The fraction of sp³-hybridized carbons (Fsp3) is 0.171. The monoisotopic (exact) mass is 730 g/mol. The van der Waals surface area contributed by atoms with Crippen molar-refractivity contribution in [2.75, 3.05) is 6.61 Å². The van der Waals surface area contributed by atoms with E-state index in [4.69, 9.17) is 14.5 Å². The van der Waals surface area contributed by atoms with Gasteiger partial charge in [-0.05, 0) is 76.8 Å². The Kier molecular flexibility index (Phi) is 8.71. The molecule has 0 aliphatic carbocycles. The summed E-state index contributed by atoms with van der Waals surface area (Å²) in [6.07, 6.45) is 1.83. The van der Waals surface area contributed by atoms with Crippen LogP contribution in [0.25, 0.3) is 16.8 Å². The molecular formula is C35H28Br2N2O4S. The van der Waals surface area contributed by atoms with E-state index in [0.29, 0.717) is 33.0 Å². The van der Waals surface area contributed by atoms with Gasteiger partial charge >= 0.3 is 5.97 Å². The first kappa shape index (κ1) is 30.2. The van der Waals surface area contributed by atoms with Crippen LogP contribution in [0, 0.1) is 6.92 Å². The minimum Gasteiger partial charge on any atom is -0.487 e. The molecule has 0 radical (unpaired) electrons. The standard InChI is InChI=1S/C35H28Br2N2O4S/c1-4-42-34(41)30-21(3)38-35-39(31(30)23-14-12-20(2)13-15-23)33(40)29(44-35)17-25-16-26(36)18-28(37)32(25)43-19-24-10-7-9-22-8-5-6-11-27(22)24/h5-18,31H,4,19H2,1-3H3/b29-17-/t31-/m1/s1. The molecule has 6 rings (SSSR count). The minimum atomic E-state index is -0.663. The second-order valence-corrected chi connectivity index (χ2v) is 13.2. The van der Waals surface area contributed by atoms with Gasteiger partial charge in [0.25, 0.3) is 5.56 Å². The van der Waals surface area contributed by atoms with Crippen molar-refractivity contribution < 1.29 is 14.3 Å². The molecular weight excluding hydrogens is 704 g/mol. The van der Waals surface area contributed by atoms with Gasteiger partial charge in [0, 0.05) is 10.0 Å². The van der Waals surface area contributed by atoms with Crippen molar-refractivity contribution in [3.05, 3.63) is 141 Å². The van der Waals surface area contributed by atoms with Gasteiger partial charge in [0.05, 0.1) is 32.9 Å². The number of hydrogen-bond acceptors (Lipinski definition) is 6. The van der Waals surface area contributed by atoms with Crippen molar-refractivity contribution in [2.24, 2.45) is 4.99 Å². The number of aryl methyl sites for hydroxylation is 1. The lowest BCUT2D eigenvalue weighted by atomic mass is 9.95. The molecule has 0 N–H and O–H groups in total. The molecule has 9 heteroatoms. The minimum absolute atomic E-state index is 0.222. The zero-order chi connectivity index (χ0) is 31.0. The van der Waals surface area contributed by atoms with Crippen LogP contribution >= 0.6 is 43.2 Å². The van der Waals surface area contributed by atoms with E-state index >= 15 is 0 Å². The molecule has 6 nitrogen and oxygen atoms in total. The number of ether oxygens (including phenoxy) is 2. The van der Waals surface area contributed by atoms with E-state index in [-0.39, 0.29) is 12.2 Å². The Morgan fingerprint density at radius 1 is 1.02 bits per heavy atom. The van der Waals surface area contributed by atoms with E-state index in [1.807, 2.05) is 67.6 Å². The number of fused-ring (bicyclic) bond motifs is 2. The fourth-order valence-electron chi connectivity index (χ4n) is 5.40. The molecule has 1 aliphatic rings. The number of hydrogen-bond donors (Lipinski definition) is 0. The number of nitrogens with zero attached hydrogens (tertiary/aromatic N) is 2. The second-order valence-electron chi connectivity index (χ2n) is 10.4. The highest BCUT2D eigenvalue weighted by Gasteiger charge is 2.33.